The lowest BCUT2D eigenvalue weighted by atomic mass is 9.89. The first-order valence-corrected chi connectivity index (χ1v) is 9.72. The number of hydrogen-bond acceptors (Lipinski definition) is 5. The second-order valence-electron chi connectivity index (χ2n) is 7.60. The Balaban J connectivity index is 1.57. The predicted molar refractivity (Wildman–Crippen MR) is 107 cm³/mol. The summed E-state index contributed by atoms with van der Waals surface area (Å²) in [5.41, 5.74) is 1.45. The maximum Gasteiger partial charge on any atom is 0.272 e. The van der Waals surface area contributed by atoms with Crippen molar-refractivity contribution in [2.75, 3.05) is 33.9 Å². The molecule has 4 rings (SSSR count). The summed E-state index contributed by atoms with van der Waals surface area (Å²) in [7, 11) is 3.20. The Hall–Kier alpha value is -3.09. The van der Waals surface area contributed by atoms with Gasteiger partial charge in [-0.1, -0.05) is 12.1 Å². The van der Waals surface area contributed by atoms with E-state index < -0.39 is 0 Å². The number of rotatable bonds is 4. The van der Waals surface area contributed by atoms with Crippen molar-refractivity contribution < 1.29 is 19.1 Å². The molecule has 29 heavy (non-hydrogen) atoms. The van der Waals surface area contributed by atoms with Gasteiger partial charge in [0.2, 0.25) is 5.91 Å². The maximum absolute atomic E-state index is 13.0. The minimum atomic E-state index is -0.0962. The number of amides is 2. The Kier molecular flexibility index (Phi) is 5.13. The van der Waals surface area contributed by atoms with Crippen LogP contribution in [0.25, 0.3) is 0 Å². The molecule has 2 fully saturated rings. The lowest BCUT2D eigenvalue weighted by molar-refractivity contribution is -0.130. The number of fused-ring (bicyclic) bond motifs is 1. The first-order valence-electron chi connectivity index (χ1n) is 9.72. The van der Waals surface area contributed by atoms with E-state index in [0.29, 0.717) is 31.1 Å². The molecule has 7 nitrogen and oxygen atoms in total. The average Bonchev–Trinajstić information content (AvgIpc) is 3.31. The lowest BCUT2D eigenvalue weighted by Crippen LogP contribution is -2.36. The van der Waals surface area contributed by atoms with Crippen LogP contribution in [0.5, 0.6) is 11.5 Å². The summed E-state index contributed by atoms with van der Waals surface area (Å²) in [4.78, 5) is 33.3. The predicted octanol–water partition coefficient (Wildman–Crippen LogP) is 2.39. The number of aromatic nitrogens is 1. The molecule has 0 saturated carbocycles. The summed E-state index contributed by atoms with van der Waals surface area (Å²) < 4.78 is 10.5. The summed E-state index contributed by atoms with van der Waals surface area (Å²) >= 11 is 0. The number of ether oxygens (including phenoxy) is 2. The Bertz CT molecular complexity index is 915. The molecule has 0 bridgehead atoms. The van der Waals surface area contributed by atoms with Crippen molar-refractivity contribution in [1.82, 2.24) is 14.8 Å². The van der Waals surface area contributed by atoms with Gasteiger partial charge in [0.15, 0.2) is 0 Å². The largest absolute Gasteiger partial charge is 0.497 e. The molecule has 1 aromatic heterocycles. The van der Waals surface area contributed by atoms with Gasteiger partial charge < -0.3 is 19.3 Å². The van der Waals surface area contributed by atoms with E-state index in [2.05, 4.69) is 4.98 Å². The van der Waals surface area contributed by atoms with Crippen LogP contribution in [0.3, 0.4) is 0 Å². The zero-order chi connectivity index (χ0) is 20.5. The van der Waals surface area contributed by atoms with Crippen LogP contribution in [0.4, 0.5) is 0 Å². The van der Waals surface area contributed by atoms with Gasteiger partial charge in [0.1, 0.15) is 17.2 Å². The number of benzene rings is 1. The smallest absolute Gasteiger partial charge is 0.272 e. The monoisotopic (exact) mass is 395 g/mol. The average molecular weight is 395 g/mol. The molecule has 2 aliphatic heterocycles. The molecule has 3 atom stereocenters. The zero-order valence-corrected chi connectivity index (χ0v) is 16.9. The third-order valence-electron chi connectivity index (χ3n) is 6.00. The molecule has 2 saturated heterocycles. The van der Waals surface area contributed by atoms with Crippen LogP contribution in [0.2, 0.25) is 0 Å². The van der Waals surface area contributed by atoms with Gasteiger partial charge in [-0.05, 0) is 23.8 Å². The third kappa shape index (κ3) is 3.52. The second-order valence-corrected chi connectivity index (χ2v) is 7.60. The fraction of sp³-hybridized carbons (Fsp3) is 0.409. The van der Waals surface area contributed by atoms with E-state index in [1.54, 1.807) is 39.5 Å². The molecule has 3 heterocycles. The minimum Gasteiger partial charge on any atom is -0.497 e. The standard InChI is InChI=1S/C22H25N3O4/c1-14(26)25-12-16-11-24(22(27)20-10-18(29-3)8-9-23-20)13-19(16)21(25)15-4-6-17(28-2)7-5-15/h4-10,16,19,21H,11-13H2,1-3H3/t16-,19-,21+/m1/s1. The molecule has 0 N–H and O–H groups in total. The number of pyridine rings is 1. The van der Waals surface area contributed by atoms with Crippen LogP contribution < -0.4 is 9.47 Å². The Morgan fingerprint density at radius 1 is 1.00 bits per heavy atom. The van der Waals surface area contributed by atoms with Crippen LogP contribution in [0.1, 0.15) is 29.0 Å². The second kappa shape index (κ2) is 7.73. The van der Waals surface area contributed by atoms with Crippen LogP contribution in [0, 0.1) is 11.8 Å². The summed E-state index contributed by atoms with van der Waals surface area (Å²) in [6.45, 7) is 3.49. The quantitative estimate of drug-likeness (QED) is 0.795. The van der Waals surface area contributed by atoms with Gasteiger partial charge in [0, 0.05) is 50.7 Å². The van der Waals surface area contributed by atoms with Crippen LogP contribution in [0.15, 0.2) is 42.6 Å². The van der Waals surface area contributed by atoms with E-state index in [4.69, 9.17) is 9.47 Å². The van der Waals surface area contributed by atoms with Crippen molar-refractivity contribution in [1.29, 1.82) is 0 Å². The molecule has 7 heteroatoms. The Morgan fingerprint density at radius 2 is 1.72 bits per heavy atom. The molecule has 0 spiro atoms. The first kappa shape index (κ1) is 19.2. The van der Waals surface area contributed by atoms with E-state index in [1.165, 1.54) is 0 Å². The molecule has 0 aliphatic carbocycles. The topological polar surface area (TPSA) is 72.0 Å². The van der Waals surface area contributed by atoms with Gasteiger partial charge in [-0.3, -0.25) is 14.6 Å². The minimum absolute atomic E-state index is 0.0422. The number of nitrogens with zero attached hydrogens (tertiary/aromatic N) is 3. The van der Waals surface area contributed by atoms with Gasteiger partial charge in [0.05, 0.1) is 20.3 Å². The van der Waals surface area contributed by atoms with Crippen molar-refractivity contribution in [2.45, 2.75) is 13.0 Å². The lowest BCUT2D eigenvalue weighted by Gasteiger charge is -2.29. The van der Waals surface area contributed by atoms with Crippen molar-refractivity contribution >= 4 is 11.8 Å². The molecule has 0 unspecified atom stereocenters. The van der Waals surface area contributed by atoms with Gasteiger partial charge >= 0.3 is 0 Å². The van der Waals surface area contributed by atoms with E-state index in [9.17, 15) is 9.59 Å². The van der Waals surface area contributed by atoms with Gasteiger partial charge in [0.25, 0.3) is 5.91 Å². The van der Waals surface area contributed by atoms with Gasteiger partial charge in [-0.2, -0.15) is 0 Å². The molecule has 2 aliphatic rings. The summed E-state index contributed by atoms with van der Waals surface area (Å²) in [5.74, 6) is 1.81. The highest BCUT2D eigenvalue weighted by Gasteiger charge is 2.49. The fourth-order valence-electron chi connectivity index (χ4n) is 4.58. The zero-order valence-electron chi connectivity index (χ0n) is 16.9. The van der Waals surface area contributed by atoms with Crippen LogP contribution >= 0.6 is 0 Å². The number of carbonyl (C=O) groups excluding carboxylic acids is 2. The molecule has 0 radical (unpaired) electrons. The normalized spacial score (nSPS) is 23.1. The number of likely N-dealkylation sites (tertiary alicyclic amines) is 2. The fourth-order valence-corrected chi connectivity index (χ4v) is 4.58. The van der Waals surface area contributed by atoms with E-state index >= 15 is 0 Å². The molecule has 2 amide bonds. The van der Waals surface area contributed by atoms with E-state index in [1.807, 2.05) is 34.1 Å². The third-order valence-corrected chi connectivity index (χ3v) is 6.00. The number of methoxy groups -OCH3 is 2. The number of carbonyl (C=O) groups is 2. The van der Waals surface area contributed by atoms with E-state index in [-0.39, 0.29) is 29.7 Å². The van der Waals surface area contributed by atoms with Crippen molar-refractivity contribution in [3.63, 3.8) is 0 Å². The highest BCUT2D eigenvalue weighted by molar-refractivity contribution is 5.93. The van der Waals surface area contributed by atoms with Gasteiger partial charge in [-0.15, -0.1) is 0 Å². The highest BCUT2D eigenvalue weighted by Crippen LogP contribution is 2.45. The first-order chi connectivity index (χ1) is 14.0. The van der Waals surface area contributed by atoms with E-state index in [0.717, 1.165) is 11.3 Å². The Labute approximate surface area is 170 Å². The number of hydrogen-bond donors (Lipinski definition) is 0. The molecule has 2 aromatic rings. The highest BCUT2D eigenvalue weighted by atomic mass is 16.5. The van der Waals surface area contributed by atoms with Crippen molar-refractivity contribution in [3.8, 4) is 11.5 Å². The maximum atomic E-state index is 13.0. The Morgan fingerprint density at radius 3 is 2.38 bits per heavy atom. The summed E-state index contributed by atoms with van der Waals surface area (Å²) in [6, 6.07) is 11.2. The molecule has 152 valence electrons. The van der Waals surface area contributed by atoms with Crippen molar-refractivity contribution in [3.05, 3.63) is 53.9 Å². The van der Waals surface area contributed by atoms with Crippen molar-refractivity contribution in [2.24, 2.45) is 11.8 Å². The molecular weight excluding hydrogens is 370 g/mol. The summed E-state index contributed by atoms with van der Waals surface area (Å²) in [6.07, 6.45) is 1.58. The molecule has 1 aromatic carbocycles. The van der Waals surface area contributed by atoms with Crippen LogP contribution in [-0.4, -0.2) is 60.5 Å². The SMILES string of the molecule is COc1ccc([C@H]2[C@@H]3CN(C(=O)c4cc(OC)ccn4)C[C@@H]3CN2C(C)=O)cc1. The summed E-state index contributed by atoms with van der Waals surface area (Å²) in [5, 5.41) is 0. The molecular formula is C22H25N3O4. The van der Waals surface area contributed by atoms with Gasteiger partial charge in [-0.25, -0.2) is 0 Å². The van der Waals surface area contributed by atoms with Crippen LogP contribution in [-0.2, 0) is 4.79 Å².